The van der Waals surface area contributed by atoms with Gasteiger partial charge in [0.1, 0.15) is 0 Å². The molecule has 2 aliphatic heterocycles. The van der Waals surface area contributed by atoms with E-state index in [2.05, 4.69) is 12.2 Å². The van der Waals surface area contributed by atoms with E-state index in [0.29, 0.717) is 11.6 Å². The highest BCUT2D eigenvalue weighted by Crippen LogP contribution is 2.30. The summed E-state index contributed by atoms with van der Waals surface area (Å²) >= 11 is 7.63. The van der Waals surface area contributed by atoms with E-state index in [1.54, 1.807) is 18.8 Å². The molecular formula is C18H23ClN4O2S. The topological polar surface area (TPSA) is 65.0 Å². The third-order valence-corrected chi connectivity index (χ3v) is 5.91. The number of benzene rings is 1. The number of rotatable bonds is 6. The van der Waals surface area contributed by atoms with Crippen molar-refractivity contribution in [3.63, 3.8) is 0 Å². The van der Waals surface area contributed by atoms with Gasteiger partial charge in [-0.05, 0) is 24.1 Å². The van der Waals surface area contributed by atoms with Gasteiger partial charge in [0.25, 0.3) is 5.91 Å². The van der Waals surface area contributed by atoms with Gasteiger partial charge in [-0.25, -0.2) is 9.79 Å². The highest BCUT2D eigenvalue weighted by molar-refractivity contribution is 8.13. The number of amides is 3. The minimum absolute atomic E-state index is 0.292. The first-order valence-corrected chi connectivity index (χ1v) is 10.2. The Morgan fingerprint density at radius 1 is 1.23 bits per heavy atom. The molecule has 8 heteroatoms. The molecule has 140 valence electrons. The molecule has 0 radical (unpaired) electrons. The smallest absolute Gasteiger partial charge is 0.325 e. The zero-order valence-electron chi connectivity index (χ0n) is 14.9. The van der Waals surface area contributed by atoms with Gasteiger partial charge in [0.15, 0.2) is 17.4 Å². The number of hydrogen-bond donors (Lipinski definition) is 1. The number of nitrogens with zero attached hydrogens (tertiary/aromatic N) is 3. The summed E-state index contributed by atoms with van der Waals surface area (Å²) in [6, 6.07) is 6.68. The van der Waals surface area contributed by atoms with Crippen LogP contribution >= 0.6 is 23.4 Å². The Labute approximate surface area is 163 Å². The summed E-state index contributed by atoms with van der Waals surface area (Å²) in [6.45, 7) is 2.72. The Morgan fingerprint density at radius 2 is 1.96 bits per heavy atom. The largest absolute Gasteiger partial charge is 0.331 e. The van der Waals surface area contributed by atoms with Gasteiger partial charge in [-0.2, -0.15) is 0 Å². The van der Waals surface area contributed by atoms with Crippen LogP contribution in [0.4, 0.5) is 4.79 Å². The summed E-state index contributed by atoms with van der Waals surface area (Å²) in [5.41, 5.74) is 1.05. The van der Waals surface area contributed by atoms with Crippen LogP contribution in [0, 0.1) is 0 Å². The van der Waals surface area contributed by atoms with Crippen molar-refractivity contribution in [3.05, 3.63) is 34.9 Å². The molecule has 0 spiro atoms. The number of likely N-dealkylation sites (N-methyl/N-ethyl adjacent to an activating group) is 1. The van der Waals surface area contributed by atoms with E-state index in [9.17, 15) is 9.59 Å². The van der Waals surface area contributed by atoms with Crippen LogP contribution in [0.5, 0.6) is 0 Å². The van der Waals surface area contributed by atoms with Gasteiger partial charge in [0, 0.05) is 24.4 Å². The summed E-state index contributed by atoms with van der Waals surface area (Å²) < 4.78 is 0. The third-order valence-electron chi connectivity index (χ3n) is 4.57. The fourth-order valence-corrected chi connectivity index (χ4v) is 4.27. The highest BCUT2D eigenvalue weighted by Gasteiger charge is 2.48. The maximum atomic E-state index is 12.5. The van der Waals surface area contributed by atoms with E-state index in [4.69, 9.17) is 16.6 Å². The summed E-state index contributed by atoms with van der Waals surface area (Å²) in [6.07, 6.45) is 2.96. The minimum Gasteiger partial charge on any atom is -0.331 e. The van der Waals surface area contributed by atoms with Crippen molar-refractivity contribution < 1.29 is 9.59 Å². The van der Waals surface area contributed by atoms with E-state index in [0.717, 1.165) is 29.3 Å². The molecule has 0 bridgehead atoms. The molecule has 1 aromatic carbocycles. The number of carbonyl (C=O) groups is 2. The summed E-state index contributed by atoms with van der Waals surface area (Å²) in [7, 11) is 1.67. The molecule has 1 saturated heterocycles. The molecular weight excluding hydrogens is 372 g/mol. The first-order valence-electron chi connectivity index (χ1n) is 8.80. The van der Waals surface area contributed by atoms with Crippen LogP contribution in [0.15, 0.2) is 29.3 Å². The Morgan fingerprint density at radius 3 is 2.65 bits per heavy atom. The predicted octanol–water partition coefficient (Wildman–Crippen LogP) is 3.31. The second kappa shape index (κ2) is 8.31. The number of nitrogens with one attached hydrogen (secondary N) is 1. The fraction of sp³-hybridized carbons (Fsp3) is 0.500. The van der Waals surface area contributed by atoms with Crippen LogP contribution in [0.1, 0.15) is 31.7 Å². The molecule has 2 aliphatic rings. The van der Waals surface area contributed by atoms with Gasteiger partial charge in [-0.15, -0.1) is 0 Å². The molecule has 1 N–H and O–H groups in total. The van der Waals surface area contributed by atoms with E-state index in [1.165, 1.54) is 11.3 Å². The van der Waals surface area contributed by atoms with Crippen LogP contribution < -0.4 is 5.32 Å². The van der Waals surface area contributed by atoms with Gasteiger partial charge in [-0.1, -0.05) is 55.3 Å². The van der Waals surface area contributed by atoms with Gasteiger partial charge < -0.3 is 9.80 Å². The maximum absolute atomic E-state index is 12.5. The lowest BCUT2D eigenvalue weighted by Crippen LogP contribution is -2.63. The number of halogens is 1. The number of aliphatic imine (C=N–C) groups is 1. The molecule has 0 saturated carbocycles. The summed E-state index contributed by atoms with van der Waals surface area (Å²) in [5, 5.41) is 3.92. The van der Waals surface area contributed by atoms with Crippen molar-refractivity contribution in [2.75, 3.05) is 12.8 Å². The molecule has 6 nitrogen and oxygen atoms in total. The Kier molecular flexibility index (Phi) is 6.09. The molecule has 2 atom stereocenters. The molecule has 3 amide bonds. The summed E-state index contributed by atoms with van der Waals surface area (Å²) in [5.74, 6) is 0.655. The number of imide groups is 1. The second-order valence-electron chi connectivity index (χ2n) is 6.49. The van der Waals surface area contributed by atoms with E-state index >= 15 is 0 Å². The zero-order chi connectivity index (χ0) is 18.7. The van der Waals surface area contributed by atoms with Gasteiger partial charge in [0.2, 0.25) is 0 Å². The number of urea groups is 1. The molecule has 1 aromatic rings. The Balaban J connectivity index is 1.81. The monoisotopic (exact) mass is 394 g/mol. The first kappa shape index (κ1) is 19.0. The molecule has 2 heterocycles. The third kappa shape index (κ3) is 3.99. The maximum Gasteiger partial charge on any atom is 0.325 e. The molecule has 3 rings (SSSR count). The van der Waals surface area contributed by atoms with E-state index < -0.39 is 18.2 Å². The van der Waals surface area contributed by atoms with Crippen LogP contribution in [0.2, 0.25) is 5.02 Å². The van der Waals surface area contributed by atoms with E-state index in [1.807, 2.05) is 29.2 Å². The average molecular weight is 395 g/mol. The number of carbonyl (C=O) groups excluding carboxylic acids is 2. The van der Waals surface area contributed by atoms with Crippen LogP contribution in [-0.2, 0) is 11.3 Å². The number of unbranched alkanes of at least 4 members (excludes halogenated alkanes) is 2. The molecule has 0 aromatic heterocycles. The quantitative estimate of drug-likeness (QED) is 0.752. The average Bonchev–Trinajstić information content (AvgIpc) is 2.98. The normalized spacial score (nSPS) is 22.3. The first-order chi connectivity index (χ1) is 12.5. The number of thioether (sulfide) groups is 1. The Bertz CT molecular complexity index is 710. The lowest BCUT2D eigenvalue weighted by atomic mass is 10.1. The zero-order valence-corrected chi connectivity index (χ0v) is 16.5. The summed E-state index contributed by atoms with van der Waals surface area (Å²) in [4.78, 5) is 32.7. The number of amidine groups is 1. The van der Waals surface area contributed by atoms with Gasteiger partial charge >= 0.3 is 6.03 Å². The van der Waals surface area contributed by atoms with Crippen molar-refractivity contribution >= 4 is 40.5 Å². The van der Waals surface area contributed by atoms with Crippen molar-refractivity contribution in [1.82, 2.24) is 15.1 Å². The molecule has 0 aliphatic carbocycles. The predicted molar refractivity (Wildman–Crippen MR) is 105 cm³/mol. The SMILES string of the molecule is CCCCCSC1=NC2C(C(=O)NC(=O)N2C)N1Cc1ccc(Cl)cc1. The van der Waals surface area contributed by atoms with Crippen molar-refractivity contribution in [1.29, 1.82) is 0 Å². The lowest BCUT2D eigenvalue weighted by molar-refractivity contribution is -0.127. The fourth-order valence-electron chi connectivity index (χ4n) is 3.09. The van der Waals surface area contributed by atoms with Gasteiger partial charge in [-0.3, -0.25) is 10.1 Å². The lowest BCUT2D eigenvalue weighted by Gasteiger charge is -2.36. The van der Waals surface area contributed by atoms with Crippen molar-refractivity contribution in [3.8, 4) is 0 Å². The van der Waals surface area contributed by atoms with Crippen molar-refractivity contribution in [2.24, 2.45) is 4.99 Å². The Hall–Kier alpha value is -1.73. The van der Waals surface area contributed by atoms with Gasteiger partial charge in [0.05, 0.1) is 0 Å². The molecule has 1 fully saturated rings. The van der Waals surface area contributed by atoms with E-state index in [-0.39, 0.29) is 5.91 Å². The molecule has 2 unspecified atom stereocenters. The number of hydrogen-bond acceptors (Lipinski definition) is 5. The standard InChI is InChI=1S/C18H23ClN4O2S/c1-3-4-5-10-26-18-20-15-14(16(24)21-17(25)22(15)2)23(18)11-12-6-8-13(19)9-7-12/h6-9,14-15H,3-5,10-11H2,1-2H3,(H,21,24,25). The highest BCUT2D eigenvalue weighted by atomic mass is 35.5. The van der Waals surface area contributed by atoms with Crippen LogP contribution in [0.3, 0.4) is 0 Å². The molecule has 26 heavy (non-hydrogen) atoms. The van der Waals surface area contributed by atoms with Crippen LogP contribution in [-0.4, -0.2) is 51.9 Å². The second-order valence-corrected chi connectivity index (χ2v) is 7.98. The van der Waals surface area contributed by atoms with Crippen molar-refractivity contribution in [2.45, 2.75) is 44.9 Å². The minimum atomic E-state index is -0.498. The van der Waals surface area contributed by atoms with Crippen LogP contribution in [0.25, 0.3) is 0 Å². The number of fused-ring (bicyclic) bond motifs is 1.